The van der Waals surface area contributed by atoms with Crippen molar-refractivity contribution in [1.82, 2.24) is 10.2 Å². The molecular weight excluding hydrogens is 304 g/mol. The van der Waals surface area contributed by atoms with Crippen LogP contribution >= 0.6 is 11.6 Å². The Morgan fingerprint density at radius 3 is 2.82 bits per heavy atom. The van der Waals surface area contributed by atoms with Crippen molar-refractivity contribution < 1.29 is 9.59 Å². The molecule has 0 unspecified atom stereocenters. The Hall–Kier alpha value is -2.08. The van der Waals surface area contributed by atoms with E-state index >= 15 is 0 Å². The summed E-state index contributed by atoms with van der Waals surface area (Å²) in [5.41, 5.74) is 6.57. The summed E-state index contributed by atoms with van der Waals surface area (Å²) in [4.78, 5) is 26.3. The van der Waals surface area contributed by atoms with Gasteiger partial charge in [0.1, 0.15) is 0 Å². The normalized spacial score (nSPS) is 20.0. The lowest BCUT2D eigenvalue weighted by molar-refractivity contribution is -0.120. The highest BCUT2D eigenvalue weighted by molar-refractivity contribution is 6.31. The summed E-state index contributed by atoms with van der Waals surface area (Å²) in [6.07, 6.45) is 2.33. The van der Waals surface area contributed by atoms with Crippen molar-refractivity contribution in [1.29, 1.82) is 5.41 Å². The molecule has 1 aliphatic carbocycles. The molecule has 7 heteroatoms. The number of carbonyl (C=O) groups is 2. The number of carbonyl (C=O) groups excluding carboxylic acids is 2. The van der Waals surface area contributed by atoms with Crippen molar-refractivity contribution >= 4 is 29.4 Å². The van der Waals surface area contributed by atoms with E-state index in [9.17, 15) is 9.59 Å². The maximum Gasteiger partial charge on any atom is 0.254 e. The molecule has 0 spiro atoms. The number of fused-ring (bicyclic) bond motifs is 1. The van der Waals surface area contributed by atoms with Gasteiger partial charge in [0, 0.05) is 17.1 Å². The fourth-order valence-electron chi connectivity index (χ4n) is 2.85. The van der Waals surface area contributed by atoms with Gasteiger partial charge in [-0.3, -0.25) is 20.3 Å². The summed E-state index contributed by atoms with van der Waals surface area (Å²) >= 11 is 5.98. The fourth-order valence-corrected chi connectivity index (χ4v) is 3.03. The first-order chi connectivity index (χ1) is 10.5. The van der Waals surface area contributed by atoms with Gasteiger partial charge in [-0.1, -0.05) is 17.7 Å². The van der Waals surface area contributed by atoms with Gasteiger partial charge in [-0.15, -0.1) is 0 Å². The SMILES string of the molecule is N=C(N)NC(=O)C[C@@H]1c2ccc(Cl)cc2C(=O)N1CC1CC1. The van der Waals surface area contributed by atoms with E-state index in [0.717, 1.165) is 18.4 Å². The summed E-state index contributed by atoms with van der Waals surface area (Å²) in [5, 5.41) is 9.91. The molecule has 6 nitrogen and oxygen atoms in total. The molecule has 2 aliphatic rings. The van der Waals surface area contributed by atoms with Gasteiger partial charge >= 0.3 is 0 Å². The second kappa shape index (κ2) is 5.61. The van der Waals surface area contributed by atoms with E-state index in [4.69, 9.17) is 22.7 Å². The largest absolute Gasteiger partial charge is 0.370 e. The van der Waals surface area contributed by atoms with Gasteiger partial charge in [0.15, 0.2) is 5.96 Å². The topological polar surface area (TPSA) is 99.3 Å². The molecule has 1 saturated carbocycles. The highest BCUT2D eigenvalue weighted by Crippen LogP contribution is 2.40. The van der Waals surface area contributed by atoms with Gasteiger partial charge < -0.3 is 10.6 Å². The molecule has 1 aromatic rings. The number of hydrogen-bond acceptors (Lipinski definition) is 3. The molecule has 2 amide bonds. The highest BCUT2D eigenvalue weighted by Gasteiger charge is 2.40. The predicted octanol–water partition coefficient (Wildman–Crippen LogP) is 1.65. The zero-order chi connectivity index (χ0) is 15.9. The van der Waals surface area contributed by atoms with Crippen molar-refractivity contribution in [2.75, 3.05) is 6.54 Å². The summed E-state index contributed by atoms with van der Waals surface area (Å²) in [5.74, 6) is -0.314. The molecule has 0 saturated heterocycles. The molecule has 0 bridgehead atoms. The van der Waals surface area contributed by atoms with Crippen LogP contribution in [0.15, 0.2) is 18.2 Å². The number of benzene rings is 1. The average Bonchev–Trinajstić information content (AvgIpc) is 3.21. The lowest BCUT2D eigenvalue weighted by atomic mass is 10.0. The highest BCUT2D eigenvalue weighted by atomic mass is 35.5. The van der Waals surface area contributed by atoms with Crippen LogP contribution in [-0.4, -0.2) is 29.2 Å². The number of nitrogens with two attached hydrogens (primary N) is 1. The minimum absolute atomic E-state index is 0.0787. The molecule has 116 valence electrons. The quantitative estimate of drug-likeness (QED) is 0.581. The fraction of sp³-hybridized carbons (Fsp3) is 0.400. The molecule has 0 aromatic heterocycles. The van der Waals surface area contributed by atoms with E-state index in [1.54, 1.807) is 23.1 Å². The zero-order valence-electron chi connectivity index (χ0n) is 11.9. The first-order valence-electron chi connectivity index (χ1n) is 7.20. The Labute approximate surface area is 133 Å². The lowest BCUT2D eigenvalue weighted by Crippen LogP contribution is -2.39. The molecule has 1 aliphatic heterocycles. The number of rotatable bonds is 4. The van der Waals surface area contributed by atoms with Gasteiger partial charge in [0.2, 0.25) is 5.91 Å². The number of nitrogens with one attached hydrogen (secondary N) is 2. The van der Waals surface area contributed by atoms with Gasteiger partial charge in [-0.05, 0) is 36.5 Å². The monoisotopic (exact) mass is 320 g/mol. The predicted molar refractivity (Wildman–Crippen MR) is 82.6 cm³/mol. The first kappa shape index (κ1) is 14.8. The van der Waals surface area contributed by atoms with Crippen molar-refractivity contribution in [2.24, 2.45) is 11.7 Å². The van der Waals surface area contributed by atoms with Crippen molar-refractivity contribution in [3.05, 3.63) is 34.3 Å². The second-order valence-electron chi connectivity index (χ2n) is 5.81. The third-order valence-electron chi connectivity index (χ3n) is 4.05. The van der Waals surface area contributed by atoms with E-state index in [2.05, 4.69) is 5.32 Å². The van der Waals surface area contributed by atoms with Gasteiger partial charge in [-0.2, -0.15) is 0 Å². The smallest absolute Gasteiger partial charge is 0.254 e. The minimum atomic E-state index is -0.389. The molecular formula is C15H17ClN4O2. The molecule has 1 atom stereocenters. The van der Waals surface area contributed by atoms with E-state index in [1.165, 1.54) is 0 Å². The molecule has 22 heavy (non-hydrogen) atoms. The molecule has 1 aromatic carbocycles. The Balaban J connectivity index is 1.87. The van der Waals surface area contributed by atoms with E-state index < -0.39 is 0 Å². The Kier molecular flexibility index (Phi) is 3.78. The van der Waals surface area contributed by atoms with E-state index in [0.29, 0.717) is 23.0 Å². The molecule has 0 radical (unpaired) electrons. The van der Waals surface area contributed by atoms with E-state index in [1.807, 2.05) is 0 Å². The van der Waals surface area contributed by atoms with Crippen LogP contribution in [0.4, 0.5) is 0 Å². The molecule has 1 heterocycles. The van der Waals surface area contributed by atoms with Crippen LogP contribution in [0.1, 0.15) is 41.2 Å². The van der Waals surface area contributed by atoms with Crippen molar-refractivity contribution in [3.8, 4) is 0 Å². The van der Waals surface area contributed by atoms with Crippen LogP contribution in [0, 0.1) is 11.3 Å². The van der Waals surface area contributed by atoms with Crippen LogP contribution in [-0.2, 0) is 4.79 Å². The number of guanidine groups is 1. The summed E-state index contributed by atoms with van der Waals surface area (Å²) in [6, 6.07) is 4.86. The van der Waals surface area contributed by atoms with Crippen LogP contribution < -0.4 is 11.1 Å². The van der Waals surface area contributed by atoms with Crippen LogP contribution in [0.25, 0.3) is 0 Å². The van der Waals surface area contributed by atoms with Crippen LogP contribution in [0.5, 0.6) is 0 Å². The number of nitrogens with zero attached hydrogens (tertiary/aromatic N) is 1. The maximum atomic E-state index is 12.6. The Morgan fingerprint density at radius 1 is 1.45 bits per heavy atom. The van der Waals surface area contributed by atoms with Crippen LogP contribution in [0.3, 0.4) is 0 Å². The lowest BCUT2D eigenvalue weighted by Gasteiger charge is -2.25. The molecule has 1 fully saturated rings. The van der Waals surface area contributed by atoms with Gasteiger partial charge in [0.25, 0.3) is 5.91 Å². The maximum absolute atomic E-state index is 12.6. The third kappa shape index (κ3) is 2.92. The standard InChI is InChI=1S/C15H17ClN4O2/c16-9-3-4-10-11(5-9)14(22)20(7-8-1-2-8)12(10)6-13(21)19-15(17)18/h3-5,8,12H,1-2,6-7H2,(H4,17,18,19,21)/t12-/m1/s1. The zero-order valence-corrected chi connectivity index (χ0v) is 12.7. The van der Waals surface area contributed by atoms with Gasteiger partial charge in [0.05, 0.1) is 12.5 Å². The van der Waals surface area contributed by atoms with Crippen LogP contribution in [0.2, 0.25) is 5.02 Å². The molecule has 3 rings (SSSR count). The molecule has 4 N–H and O–H groups in total. The van der Waals surface area contributed by atoms with E-state index in [-0.39, 0.29) is 30.2 Å². The second-order valence-corrected chi connectivity index (χ2v) is 6.25. The number of amides is 2. The van der Waals surface area contributed by atoms with Crippen molar-refractivity contribution in [2.45, 2.75) is 25.3 Å². The average molecular weight is 321 g/mol. The Morgan fingerprint density at radius 2 is 2.18 bits per heavy atom. The summed E-state index contributed by atoms with van der Waals surface area (Å²) < 4.78 is 0. The minimum Gasteiger partial charge on any atom is -0.370 e. The third-order valence-corrected chi connectivity index (χ3v) is 4.28. The number of halogens is 1. The first-order valence-corrected chi connectivity index (χ1v) is 7.58. The van der Waals surface area contributed by atoms with Gasteiger partial charge in [-0.25, -0.2) is 0 Å². The Bertz CT molecular complexity index is 657. The van der Waals surface area contributed by atoms with Crippen molar-refractivity contribution in [3.63, 3.8) is 0 Å². The number of hydrogen-bond donors (Lipinski definition) is 3. The summed E-state index contributed by atoms with van der Waals surface area (Å²) in [7, 11) is 0. The summed E-state index contributed by atoms with van der Waals surface area (Å²) in [6.45, 7) is 0.656.